The van der Waals surface area contributed by atoms with Gasteiger partial charge in [0.15, 0.2) is 5.69 Å². The van der Waals surface area contributed by atoms with Crippen LogP contribution < -0.4 is 0 Å². The van der Waals surface area contributed by atoms with Gasteiger partial charge in [0.25, 0.3) is 0 Å². The first-order valence-electron chi connectivity index (χ1n) is 13.7. The van der Waals surface area contributed by atoms with Gasteiger partial charge in [0.2, 0.25) is 5.13 Å². The van der Waals surface area contributed by atoms with E-state index in [1.165, 1.54) is 29.5 Å². The number of nitrogens with zero attached hydrogens (tertiary/aromatic N) is 3. The van der Waals surface area contributed by atoms with Crippen LogP contribution in [0.1, 0.15) is 58.6 Å². The number of ether oxygens (including phenoxy) is 1. The molecule has 6 rings (SSSR count). The minimum Gasteiger partial charge on any atom is -0.768 e. The number of halogens is 2. The van der Waals surface area contributed by atoms with E-state index in [4.69, 9.17) is 9.84 Å². The van der Waals surface area contributed by atoms with E-state index in [-0.39, 0.29) is 30.5 Å². The van der Waals surface area contributed by atoms with Gasteiger partial charge in [0, 0.05) is 34.4 Å². The molecule has 3 aromatic carbocycles. The molecule has 0 bridgehead atoms. The van der Waals surface area contributed by atoms with Gasteiger partial charge in [0.1, 0.15) is 11.6 Å². The van der Waals surface area contributed by atoms with E-state index < -0.39 is 27.8 Å². The number of aromatic nitrogens is 3. The standard InChI is InChI=1S/C32H27F2N3O4S2/c1-3-41-31(38)27-17-42-32(35-27)37-30(21-9-10-21)24(14-19-6-13-28(43(39)40)26(34)15-19)29(36-37)22-11-12-25(33)23(16-22)20-7-4-18(2)5-8-20/h4-8,11-13,15-17,21H,3,9-10,14H2,1-2H3,(H,39,40)/p-1. The number of benzene rings is 3. The van der Waals surface area contributed by atoms with Crippen LogP contribution in [0.25, 0.3) is 27.5 Å². The molecule has 7 nitrogen and oxygen atoms in total. The highest BCUT2D eigenvalue weighted by molar-refractivity contribution is 7.79. The fraction of sp³-hybridized carbons (Fsp3) is 0.219. The summed E-state index contributed by atoms with van der Waals surface area (Å²) in [7, 11) is 0. The molecule has 220 valence electrons. The van der Waals surface area contributed by atoms with Crippen molar-refractivity contribution in [2.45, 2.75) is 43.9 Å². The highest BCUT2D eigenvalue weighted by Gasteiger charge is 2.34. The van der Waals surface area contributed by atoms with Crippen LogP contribution in [0.5, 0.6) is 0 Å². The third-order valence-electron chi connectivity index (χ3n) is 7.30. The highest BCUT2D eigenvalue weighted by atomic mass is 32.2. The van der Waals surface area contributed by atoms with Crippen molar-refractivity contribution in [3.63, 3.8) is 0 Å². The normalized spacial score (nSPS) is 13.7. The van der Waals surface area contributed by atoms with Gasteiger partial charge in [-0.1, -0.05) is 35.9 Å². The first-order valence-corrected chi connectivity index (χ1v) is 15.7. The summed E-state index contributed by atoms with van der Waals surface area (Å²) < 4.78 is 59.5. The van der Waals surface area contributed by atoms with Crippen LogP contribution in [0.2, 0.25) is 0 Å². The van der Waals surface area contributed by atoms with Crippen molar-refractivity contribution in [1.82, 2.24) is 14.8 Å². The molecule has 5 aromatic rings. The number of carbonyl (C=O) groups is 1. The number of hydrogen-bond donors (Lipinski definition) is 0. The van der Waals surface area contributed by atoms with Gasteiger partial charge in [-0.05, 0) is 79.2 Å². The van der Waals surface area contributed by atoms with Crippen molar-refractivity contribution < 1.29 is 27.1 Å². The Morgan fingerprint density at radius 1 is 1.07 bits per heavy atom. The molecule has 0 amide bonds. The van der Waals surface area contributed by atoms with Gasteiger partial charge in [0.05, 0.1) is 22.9 Å². The smallest absolute Gasteiger partial charge is 0.357 e. The minimum absolute atomic E-state index is 0.154. The molecule has 1 aliphatic carbocycles. The van der Waals surface area contributed by atoms with E-state index in [9.17, 15) is 17.9 Å². The molecule has 2 heterocycles. The summed E-state index contributed by atoms with van der Waals surface area (Å²) in [5, 5.41) is 7.07. The van der Waals surface area contributed by atoms with Crippen molar-refractivity contribution in [1.29, 1.82) is 0 Å². The van der Waals surface area contributed by atoms with Gasteiger partial charge in [-0.15, -0.1) is 11.3 Å². The molecule has 2 aromatic heterocycles. The molecule has 43 heavy (non-hydrogen) atoms. The average molecular weight is 619 g/mol. The molecule has 0 saturated heterocycles. The molecule has 0 N–H and O–H groups in total. The lowest BCUT2D eigenvalue weighted by atomic mass is 9.95. The third-order valence-corrected chi connectivity index (χ3v) is 8.81. The van der Waals surface area contributed by atoms with Crippen LogP contribution in [0.3, 0.4) is 0 Å². The van der Waals surface area contributed by atoms with Gasteiger partial charge in [-0.2, -0.15) is 5.10 Å². The summed E-state index contributed by atoms with van der Waals surface area (Å²) in [6.07, 6.45) is 2.07. The SMILES string of the molecule is CCOC(=O)c1csc(-n2nc(-c3ccc(F)c(-c4ccc(C)cc4)c3)c(Cc3ccc(S(=O)[O-])c(F)c3)c2C2CC2)n1. The molecule has 0 radical (unpaired) electrons. The Bertz CT molecular complexity index is 1860. The van der Waals surface area contributed by atoms with Gasteiger partial charge >= 0.3 is 5.97 Å². The van der Waals surface area contributed by atoms with Crippen LogP contribution in [-0.2, 0) is 22.2 Å². The van der Waals surface area contributed by atoms with Crippen LogP contribution in [0.15, 0.2) is 70.9 Å². The number of carbonyl (C=O) groups excluding carboxylic acids is 1. The molecular formula is C32H26F2N3O4S2-. The largest absolute Gasteiger partial charge is 0.768 e. The second kappa shape index (κ2) is 11.9. The van der Waals surface area contributed by atoms with Crippen LogP contribution in [0, 0.1) is 18.6 Å². The van der Waals surface area contributed by atoms with Crippen molar-refractivity contribution in [2.75, 3.05) is 6.61 Å². The first kappa shape index (κ1) is 29.0. The highest BCUT2D eigenvalue weighted by Crippen LogP contribution is 2.46. The maximum atomic E-state index is 15.1. The van der Waals surface area contributed by atoms with Gasteiger partial charge in [-0.3, -0.25) is 4.21 Å². The maximum Gasteiger partial charge on any atom is 0.357 e. The average Bonchev–Trinajstić information content (AvgIpc) is 3.57. The molecule has 1 aliphatic rings. The Balaban J connectivity index is 1.52. The maximum absolute atomic E-state index is 15.1. The zero-order valence-electron chi connectivity index (χ0n) is 23.3. The molecule has 1 saturated carbocycles. The third kappa shape index (κ3) is 5.93. The van der Waals surface area contributed by atoms with E-state index in [2.05, 4.69) is 4.98 Å². The summed E-state index contributed by atoms with van der Waals surface area (Å²) in [6.45, 7) is 3.91. The first-order chi connectivity index (χ1) is 20.7. The van der Waals surface area contributed by atoms with Crippen molar-refractivity contribution in [3.05, 3.63) is 106 Å². The lowest BCUT2D eigenvalue weighted by Gasteiger charge is -2.11. The lowest BCUT2D eigenvalue weighted by molar-refractivity contribution is 0.0520. The van der Waals surface area contributed by atoms with E-state index in [0.717, 1.165) is 35.2 Å². The summed E-state index contributed by atoms with van der Waals surface area (Å²) >= 11 is -1.45. The minimum atomic E-state index is -2.70. The zero-order valence-corrected chi connectivity index (χ0v) is 24.9. The molecule has 0 spiro atoms. The Labute approximate surface area is 253 Å². The second-order valence-corrected chi connectivity index (χ2v) is 12.1. The number of hydrogen-bond acceptors (Lipinski definition) is 7. The molecule has 1 unspecified atom stereocenters. The molecule has 1 fully saturated rings. The fourth-order valence-corrected chi connectivity index (χ4v) is 6.23. The summed E-state index contributed by atoms with van der Waals surface area (Å²) in [5.74, 6) is -1.59. The number of esters is 1. The number of aryl methyl sites for hydroxylation is 1. The number of rotatable bonds is 9. The monoisotopic (exact) mass is 618 g/mol. The van der Waals surface area contributed by atoms with Gasteiger partial charge < -0.3 is 9.29 Å². The summed E-state index contributed by atoms with van der Waals surface area (Å²) in [6, 6.07) is 16.4. The zero-order chi connectivity index (χ0) is 30.2. The van der Waals surface area contributed by atoms with E-state index >= 15 is 4.39 Å². The van der Waals surface area contributed by atoms with E-state index in [1.54, 1.807) is 35.2 Å². The van der Waals surface area contributed by atoms with E-state index in [0.29, 0.717) is 27.5 Å². The van der Waals surface area contributed by atoms with Crippen LogP contribution in [-0.4, -0.2) is 36.1 Å². The lowest BCUT2D eigenvalue weighted by Crippen LogP contribution is -2.07. The number of thiazole rings is 1. The van der Waals surface area contributed by atoms with Gasteiger partial charge in [-0.25, -0.2) is 23.2 Å². The Kier molecular flexibility index (Phi) is 8.04. The molecular weight excluding hydrogens is 592 g/mol. The van der Waals surface area contributed by atoms with Crippen LogP contribution >= 0.6 is 11.3 Å². The second-order valence-electron chi connectivity index (χ2n) is 10.4. The Morgan fingerprint density at radius 2 is 1.81 bits per heavy atom. The Hall–Kier alpha value is -4.06. The van der Waals surface area contributed by atoms with Crippen molar-refractivity contribution in [3.8, 4) is 27.5 Å². The quantitative estimate of drug-likeness (QED) is 0.129. The van der Waals surface area contributed by atoms with Crippen LogP contribution in [0.4, 0.5) is 8.78 Å². The summed E-state index contributed by atoms with van der Waals surface area (Å²) in [4.78, 5) is 16.5. The molecule has 0 aliphatic heterocycles. The molecule has 11 heteroatoms. The van der Waals surface area contributed by atoms with Crippen molar-refractivity contribution >= 4 is 28.4 Å². The van der Waals surface area contributed by atoms with E-state index in [1.807, 2.05) is 31.2 Å². The predicted molar refractivity (Wildman–Crippen MR) is 159 cm³/mol. The topological polar surface area (TPSA) is 97.1 Å². The molecule has 1 atom stereocenters. The predicted octanol–water partition coefficient (Wildman–Crippen LogP) is 7.13. The Morgan fingerprint density at radius 3 is 2.49 bits per heavy atom. The van der Waals surface area contributed by atoms with Crippen molar-refractivity contribution in [2.24, 2.45) is 0 Å². The summed E-state index contributed by atoms with van der Waals surface area (Å²) in [5.41, 5.74) is 5.82. The fourth-order valence-electron chi connectivity index (χ4n) is 5.07.